The molecule has 0 aliphatic carbocycles. The van der Waals surface area contributed by atoms with Crippen molar-refractivity contribution in [1.82, 2.24) is 4.98 Å². The fourth-order valence-corrected chi connectivity index (χ4v) is 4.76. The first kappa shape index (κ1) is 22.0. The van der Waals surface area contributed by atoms with E-state index >= 15 is 0 Å². The number of carbonyl (C=O) groups is 2. The second-order valence-corrected chi connectivity index (χ2v) is 9.40. The number of carbonyl (C=O) groups excluding carboxylic acids is 2. The van der Waals surface area contributed by atoms with Crippen LogP contribution in [0, 0.1) is 27.7 Å². The number of hydrogen-bond donors (Lipinski definition) is 1. The lowest BCUT2D eigenvalue weighted by Crippen LogP contribution is -2.52. The van der Waals surface area contributed by atoms with Crippen molar-refractivity contribution in [2.45, 2.75) is 53.7 Å². The van der Waals surface area contributed by atoms with Crippen molar-refractivity contribution >= 4 is 34.5 Å². The van der Waals surface area contributed by atoms with Crippen LogP contribution in [0.3, 0.4) is 0 Å². The molecule has 166 valence electrons. The van der Waals surface area contributed by atoms with E-state index in [1.165, 1.54) is 0 Å². The van der Waals surface area contributed by atoms with Gasteiger partial charge in [-0.25, -0.2) is 4.98 Å². The van der Waals surface area contributed by atoms with E-state index in [1.807, 2.05) is 63.4 Å². The minimum atomic E-state index is -0.722. The number of nitrogens with one attached hydrogen (secondary N) is 1. The minimum Gasteiger partial charge on any atom is -0.479 e. The van der Waals surface area contributed by atoms with Gasteiger partial charge in [0.05, 0.1) is 16.4 Å². The van der Waals surface area contributed by atoms with Gasteiger partial charge in [0.2, 0.25) is 5.91 Å². The second-order valence-electron chi connectivity index (χ2n) is 8.34. The van der Waals surface area contributed by atoms with Gasteiger partial charge in [-0.3, -0.25) is 14.5 Å². The predicted octanol–water partition coefficient (Wildman–Crippen LogP) is 5.18. The molecule has 0 radical (unpaired) electrons. The smallest absolute Gasteiger partial charge is 0.268 e. The zero-order valence-corrected chi connectivity index (χ0v) is 20.0. The Morgan fingerprint density at radius 1 is 1.16 bits per heavy atom. The van der Waals surface area contributed by atoms with Gasteiger partial charge in [-0.1, -0.05) is 17.7 Å². The van der Waals surface area contributed by atoms with Crippen LogP contribution < -0.4 is 15.0 Å². The molecule has 3 aromatic rings. The maximum absolute atomic E-state index is 13.3. The Morgan fingerprint density at radius 2 is 1.84 bits per heavy atom. The third-order valence-corrected chi connectivity index (χ3v) is 6.49. The van der Waals surface area contributed by atoms with Crippen molar-refractivity contribution in [3.8, 4) is 17.0 Å². The van der Waals surface area contributed by atoms with Crippen LogP contribution in [0.25, 0.3) is 11.3 Å². The number of fused-ring (bicyclic) bond motifs is 1. The van der Waals surface area contributed by atoms with Crippen LogP contribution in [0.2, 0.25) is 0 Å². The van der Waals surface area contributed by atoms with Crippen LogP contribution in [0.5, 0.6) is 5.75 Å². The summed E-state index contributed by atoms with van der Waals surface area (Å²) in [4.78, 5) is 32.5. The SMILES string of the molecule is Cc1cc(C)c(NC(=O)C(C)N2C(=O)C(C)Oc3ccc(-c4csc(C)n4)cc32)c(C)c1. The third-order valence-electron chi connectivity index (χ3n) is 5.71. The number of anilines is 2. The van der Waals surface area contributed by atoms with Crippen LogP contribution in [-0.2, 0) is 9.59 Å². The Hall–Kier alpha value is -3.19. The van der Waals surface area contributed by atoms with Gasteiger partial charge < -0.3 is 10.1 Å². The van der Waals surface area contributed by atoms with E-state index < -0.39 is 12.1 Å². The summed E-state index contributed by atoms with van der Waals surface area (Å²) in [6, 6.07) is 8.99. The lowest BCUT2D eigenvalue weighted by molar-refractivity contribution is -0.128. The monoisotopic (exact) mass is 449 g/mol. The van der Waals surface area contributed by atoms with E-state index in [4.69, 9.17) is 4.74 Å². The molecule has 1 aliphatic heterocycles. The van der Waals surface area contributed by atoms with Crippen molar-refractivity contribution in [1.29, 1.82) is 0 Å². The molecule has 2 amide bonds. The Bertz CT molecular complexity index is 1190. The quantitative estimate of drug-likeness (QED) is 0.595. The molecule has 1 aliphatic rings. The maximum Gasteiger partial charge on any atom is 0.268 e. The molecule has 1 N–H and O–H groups in total. The van der Waals surface area contributed by atoms with Crippen molar-refractivity contribution in [2.24, 2.45) is 0 Å². The number of benzene rings is 2. The fraction of sp³-hybridized carbons (Fsp3) is 0.320. The fourth-order valence-electron chi connectivity index (χ4n) is 4.14. The minimum absolute atomic E-state index is 0.246. The lowest BCUT2D eigenvalue weighted by Gasteiger charge is -2.36. The van der Waals surface area contributed by atoms with Crippen LogP contribution >= 0.6 is 11.3 Å². The summed E-state index contributed by atoms with van der Waals surface area (Å²) < 4.78 is 5.83. The molecular formula is C25H27N3O3S. The number of amides is 2. The highest BCUT2D eigenvalue weighted by molar-refractivity contribution is 7.09. The van der Waals surface area contributed by atoms with Gasteiger partial charge in [-0.05, 0) is 70.9 Å². The zero-order chi connectivity index (χ0) is 23.2. The lowest BCUT2D eigenvalue weighted by atomic mass is 10.0. The summed E-state index contributed by atoms with van der Waals surface area (Å²) in [5, 5.41) is 5.98. The largest absolute Gasteiger partial charge is 0.479 e. The molecular weight excluding hydrogens is 422 g/mol. The van der Waals surface area contributed by atoms with E-state index in [1.54, 1.807) is 30.1 Å². The molecule has 2 unspecified atom stereocenters. The van der Waals surface area contributed by atoms with Crippen molar-refractivity contribution in [3.63, 3.8) is 0 Å². The number of aryl methyl sites for hydroxylation is 4. The Balaban J connectivity index is 1.69. The molecule has 0 fully saturated rings. The molecule has 32 heavy (non-hydrogen) atoms. The Kier molecular flexibility index (Phi) is 5.77. The van der Waals surface area contributed by atoms with E-state index in [9.17, 15) is 9.59 Å². The normalized spacial score (nSPS) is 16.4. The summed E-state index contributed by atoms with van der Waals surface area (Å²) >= 11 is 1.57. The van der Waals surface area contributed by atoms with Gasteiger partial charge in [0, 0.05) is 16.6 Å². The van der Waals surface area contributed by atoms with Crippen molar-refractivity contribution in [3.05, 3.63) is 57.4 Å². The van der Waals surface area contributed by atoms with Crippen LogP contribution in [0.15, 0.2) is 35.7 Å². The molecule has 2 aromatic carbocycles. The Morgan fingerprint density at radius 3 is 2.47 bits per heavy atom. The van der Waals surface area contributed by atoms with E-state index in [0.717, 1.165) is 38.6 Å². The van der Waals surface area contributed by atoms with Gasteiger partial charge in [0.15, 0.2) is 6.10 Å². The number of aromatic nitrogens is 1. The van der Waals surface area contributed by atoms with Crippen LogP contribution in [0.1, 0.15) is 35.5 Å². The molecule has 0 saturated heterocycles. The first-order valence-electron chi connectivity index (χ1n) is 10.6. The third kappa shape index (κ3) is 4.00. The number of rotatable bonds is 4. The van der Waals surface area contributed by atoms with Gasteiger partial charge in [-0.2, -0.15) is 0 Å². The first-order chi connectivity index (χ1) is 15.2. The number of ether oxygens (including phenoxy) is 1. The summed E-state index contributed by atoms with van der Waals surface area (Å²) in [7, 11) is 0. The van der Waals surface area contributed by atoms with Crippen LogP contribution in [-0.4, -0.2) is 28.9 Å². The summed E-state index contributed by atoms with van der Waals surface area (Å²) in [5.41, 5.74) is 6.20. The maximum atomic E-state index is 13.3. The van der Waals surface area contributed by atoms with Crippen molar-refractivity contribution in [2.75, 3.05) is 10.2 Å². The highest BCUT2D eigenvalue weighted by atomic mass is 32.1. The number of thiazole rings is 1. The molecule has 6 nitrogen and oxygen atoms in total. The van der Waals surface area contributed by atoms with Gasteiger partial charge >= 0.3 is 0 Å². The molecule has 2 atom stereocenters. The zero-order valence-electron chi connectivity index (χ0n) is 19.1. The Labute approximate surface area is 192 Å². The predicted molar refractivity (Wildman–Crippen MR) is 129 cm³/mol. The van der Waals surface area contributed by atoms with E-state index in [2.05, 4.69) is 10.3 Å². The number of nitrogens with zero attached hydrogens (tertiary/aromatic N) is 2. The summed E-state index contributed by atoms with van der Waals surface area (Å²) in [6.07, 6.45) is -0.673. The molecule has 1 aromatic heterocycles. The van der Waals surface area contributed by atoms with E-state index in [0.29, 0.717) is 11.4 Å². The average Bonchev–Trinajstić information content (AvgIpc) is 3.17. The van der Waals surface area contributed by atoms with Gasteiger partial charge in [-0.15, -0.1) is 11.3 Å². The summed E-state index contributed by atoms with van der Waals surface area (Å²) in [5.74, 6) is 0.0858. The highest BCUT2D eigenvalue weighted by Gasteiger charge is 2.37. The average molecular weight is 450 g/mol. The number of hydrogen-bond acceptors (Lipinski definition) is 5. The highest BCUT2D eigenvalue weighted by Crippen LogP contribution is 2.39. The van der Waals surface area contributed by atoms with E-state index in [-0.39, 0.29) is 11.8 Å². The molecule has 7 heteroatoms. The van der Waals surface area contributed by atoms with Crippen molar-refractivity contribution < 1.29 is 14.3 Å². The van der Waals surface area contributed by atoms with Gasteiger partial charge in [0.25, 0.3) is 5.91 Å². The molecule has 0 bridgehead atoms. The van der Waals surface area contributed by atoms with Gasteiger partial charge in [0.1, 0.15) is 11.8 Å². The topological polar surface area (TPSA) is 71.5 Å². The first-order valence-corrected chi connectivity index (χ1v) is 11.5. The molecule has 0 spiro atoms. The second kappa shape index (κ2) is 8.39. The van der Waals surface area contributed by atoms with Crippen LogP contribution in [0.4, 0.5) is 11.4 Å². The molecule has 2 heterocycles. The standard InChI is InChI=1S/C25H27N3O3S/c1-13-9-14(2)23(15(3)10-13)27-24(29)16(4)28-21-11-19(20-12-32-18(6)26-20)7-8-22(21)31-17(5)25(28)30/h7-12,16-17H,1-6H3,(H,27,29). The summed E-state index contributed by atoms with van der Waals surface area (Å²) in [6.45, 7) is 11.4. The molecule has 0 saturated carbocycles. The molecule has 4 rings (SSSR count).